The molecule has 0 aliphatic heterocycles. The molecule has 1 heterocycles. The number of hydrogen-bond acceptors (Lipinski definition) is 11. The second kappa shape index (κ2) is 11.4. The summed E-state index contributed by atoms with van der Waals surface area (Å²) in [5.74, 6) is 0. The number of nitrogens with zero attached hydrogens (tertiary/aromatic N) is 6. The molecule has 0 bridgehead atoms. The van der Waals surface area contributed by atoms with Crippen molar-refractivity contribution < 1.29 is 30.9 Å². The molecule has 0 unspecified atom stereocenters. The second-order valence-electron chi connectivity index (χ2n) is 9.33. The Balaban J connectivity index is 1.54. The molecule has 4 aromatic carbocycles. The van der Waals surface area contributed by atoms with Gasteiger partial charge in [0.25, 0.3) is 25.9 Å². The monoisotopic (exact) mass is 635 g/mol. The number of aromatic nitrogens is 3. The van der Waals surface area contributed by atoms with Crippen molar-refractivity contribution in [3.63, 3.8) is 0 Å². The number of nitro groups is 1. The Kier molecular flexibility index (Phi) is 7.79. The summed E-state index contributed by atoms with van der Waals surface area (Å²) in [6.45, 7) is 1.76. The predicted molar refractivity (Wildman–Crippen MR) is 160 cm³/mol. The Hall–Kier alpha value is -5.36. The number of nitro benzene ring substituents is 1. The van der Waals surface area contributed by atoms with Gasteiger partial charge >= 0.3 is 0 Å². The van der Waals surface area contributed by atoms with Crippen LogP contribution in [0.15, 0.2) is 92.8 Å². The number of nitrogens with two attached hydrogens (primary N) is 1. The van der Waals surface area contributed by atoms with E-state index in [0.717, 1.165) is 30.4 Å². The first kappa shape index (κ1) is 30.1. The molecule has 17 heteroatoms. The highest BCUT2D eigenvalue weighted by Gasteiger charge is 2.20. The van der Waals surface area contributed by atoms with E-state index >= 15 is 0 Å². The van der Waals surface area contributed by atoms with Gasteiger partial charge in [0.1, 0.15) is 26.5 Å². The molecule has 5 aromatic rings. The fraction of sp³-hybridized carbons (Fsp3) is 0.0370. The molecule has 15 nitrogen and oxygen atoms in total. The largest absolute Gasteiger partial charge is 0.397 e. The zero-order chi connectivity index (χ0) is 31.8. The van der Waals surface area contributed by atoms with Crippen molar-refractivity contribution in [2.75, 3.05) is 5.73 Å². The summed E-state index contributed by atoms with van der Waals surface area (Å²) in [4.78, 5) is 10.3. The first-order valence-corrected chi connectivity index (χ1v) is 15.3. The number of hydrogen-bond donors (Lipinski definition) is 3. The van der Waals surface area contributed by atoms with Gasteiger partial charge in [-0.1, -0.05) is 36.4 Å². The minimum absolute atomic E-state index is 0.00763. The van der Waals surface area contributed by atoms with E-state index < -0.39 is 40.6 Å². The second-order valence-corrected chi connectivity index (χ2v) is 12.1. The highest BCUT2D eigenvalue weighted by molar-refractivity contribution is 7.86. The van der Waals surface area contributed by atoms with Gasteiger partial charge in [-0.3, -0.25) is 19.2 Å². The summed E-state index contributed by atoms with van der Waals surface area (Å²) in [6.07, 6.45) is 2.25. The number of fused-ring (bicyclic) bond motifs is 1. The third kappa shape index (κ3) is 6.20. The Morgan fingerprint density at radius 3 is 2.09 bits per heavy atom. The minimum atomic E-state index is -4.88. The van der Waals surface area contributed by atoms with Crippen LogP contribution in [0, 0.1) is 17.0 Å². The number of aryl methyl sites for hydroxylation is 1. The van der Waals surface area contributed by atoms with Crippen LogP contribution in [0.5, 0.6) is 0 Å². The van der Waals surface area contributed by atoms with Crippen molar-refractivity contribution in [1.82, 2.24) is 15.0 Å². The molecule has 5 rings (SSSR count). The lowest BCUT2D eigenvalue weighted by molar-refractivity contribution is -0.385. The maximum Gasteiger partial charge on any atom is 0.295 e. The van der Waals surface area contributed by atoms with E-state index in [1.807, 2.05) is 30.3 Å². The fourth-order valence-corrected chi connectivity index (χ4v) is 5.60. The number of nitrogen functional groups attached to an aromatic ring is 1. The van der Waals surface area contributed by atoms with Crippen LogP contribution in [-0.2, 0) is 20.2 Å². The normalized spacial score (nSPS) is 12.4. The lowest BCUT2D eigenvalue weighted by Gasteiger charge is -2.06. The van der Waals surface area contributed by atoms with E-state index in [4.69, 9.17) is 5.73 Å². The van der Waals surface area contributed by atoms with E-state index in [1.54, 1.807) is 13.0 Å². The Labute approximate surface area is 249 Å². The van der Waals surface area contributed by atoms with Gasteiger partial charge in [0.15, 0.2) is 0 Å². The van der Waals surface area contributed by atoms with Gasteiger partial charge in [-0.25, -0.2) is 0 Å². The molecule has 1 aromatic heterocycles. The van der Waals surface area contributed by atoms with Crippen LogP contribution >= 0.6 is 0 Å². The molecule has 0 amide bonds. The number of benzene rings is 4. The van der Waals surface area contributed by atoms with Crippen molar-refractivity contribution in [3.8, 4) is 5.69 Å². The van der Waals surface area contributed by atoms with Crippen molar-refractivity contribution in [1.29, 1.82) is 0 Å². The van der Waals surface area contributed by atoms with Crippen molar-refractivity contribution in [2.24, 2.45) is 10.2 Å². The average Bonchev–Trinajstić information content (AvgIpc) is 3.39. The third-order valence-electron chi connectivity index (χ3n) is 6.35. The molecule has 0 aliphatic rings. The molecule has 0 atom stereocenters. The number of non-ortho nitro benzene ring substituents is 1. The van der Waals surface area contributed by atoms with Crippen LogP contribution in [0.4, 0.5) is 22.7 Å². The van der Waals surface area contributed by atoms with Crippen LogP contribution in [-0.4, -0.2) is 45.9 Å². The summed E-state index contributed by atoms with van der Waals surface area (Å²) < 4.78 is 67.6. The number of para-hydroxylation sites is 1. The SMILES string of the molecule is Cc1cc2nn(-c3ccccc3)nc2c(N=Nc2ccc(/C=C/c3ccc([N+](=O)[O-])cc3S(=O)(=O)O)c(S(=O)(=O)O)c2)c1N. The van der Waals surface area contributed by atoms with Gasteiger partial charge in [0, 0.05) is 12.1 Å². The van der Waals surface area contributed by atoms with Crippen LogP contribution in [0.25, 0.3) is 28.9 Å². The van der Waals surface area contributed by atoms with Crippen molar-refractivity contribution in [3.05, 3.63) is 99.6 Å². The lowest BCUT2D eigenvalue weighted by Crippen LogP contribution is -2.02. The van der Waals surface area contributed by atoms with Gasteiger partial charge < -0.3 is 5.73 Å². The van der Waals surface area contributed by atoms with E-state index in [-0.39, 0.29) is 28.2 Å². The van der Waals surface area contributed by atoms with E-state index in [0.29, 0.717) is 28.4 Å². The zero-order valence-corrected chi connectivity index (χ0v) is 24.1. The number of anilines is 1. The summed E-state index contributed by atoms with van der Waals surface area (Å²) in [5, 5.41) is 28.3. The molecule has 0 saturated carbocycles. The van der Waals surface area contributed by atoms with E-state index in [2.05, 4.69) is 20.4 Å². The van der Waals surface area contributed by atoms with Crippen LogP contribution in [0.3, 0.4) is 0 Å². The Morgan fingerprint density at radius 2 is 1.48 bits per heavy atom. The number of rotatable bonds is 8. The van der Waals surface area contributed by atoms with Gasteiger partial charge in [-0.15, -0.1) is 15.3 Å². The summed E-state index contributed by atoms with van der Waals surface area (Å²) in [5.41, 5.74) is 8.07. The molecule has 0 radical (unpaired) electrons. The average molecular weight is 636 g/mol. The van der Waals surface area contributed by atoms with Crippen molar-refractivity contribution >= 4 is 66.2 Å². The first-order chi connectivity index (χ1) is 20.7. The number of azo groups is 1. The first-order valence-electron chi connectivity index (χ1n) is 12.4. The van der Waals surface area contributed by atoms with Crippen LogP contribution < -0.4 is 5.73 Å². The molecule has 0 spiro atoms. The van der Waals surface area contributed by atoms with Gasteiger partial charge in [0.2, 0.25) is 0 Å². The van der Waals surface area contributed by atoms with Gasteiger partial charge in [-0.05, 0) is 60.0 Å². The topological polar surface area (TPSA) is 233 Å². The van der Waals surface area contributed by atoms with Crippen LogP contribution in [0.1, 0.15) is 16.7 Å². The van der Waals surface area contributed by atoms with Gasteiger partial charge in [-0.2, -0.15) is 26.7 Å². The molecule has 44 heavy (non-hydrogen) atoms. The van der Waals surface area contributed by atoms with E-state index in [1.165, 1.54) is 16.9 Å². The molecule has 0 saturated heterocycles. The molecular weight excluding hydrogens is 614 g/mol. The Bertz CT molecular complexity index is 2230. The van der Waals surface area contributed by atoms with Crippen LogP contribution in [0.2, 0.25) is 0 Å². The summed E-state index contributed by atoms with van der Waals surface area (Å²) in [6, 6.07) is 17.3. The predicted octanol–water partition coefficient (Wildman–Crippen LogP) is 5.30. The van der Waals surface area contributed by atoms with E-state index in [9.17, 15) is 36.1 Å². The molecule has 0 aliphatic carbocycles. The zero-order valence-electron chi connectivity index (χ0n) is 22.5. The molecule has 224 valence electrons. The quantitative estimate of drug-likeness (QED) is 0.0494. The minimum Gasteiger partial charge on any atom is -0.397 e. The highest BCUT2D eigenvalue weighted by Crippen LogP contribution is 2.35. The maximum atomic E-state index is 12.2. The van der Waals surface area contributed by atoms with Gasteiger partial charge in [0.05, 0.1) is 22.0 Å². The van der Waals surface area contributed by atoms with Crippen molar-refractivity contribution in [2.45, 2.75) is 16.7 Å². The molecular formula is C27H21N7O8S2. The highest BCUT2D eigenvalue weighted by atomic mass is 32.2. The smallest absolute Gasteiger partial charge is 0.295 e. The summed E-state index contributed by atoms with van der Waals surface area (Å²) in [7, 11) is -9.72. The lowest BCUT2D eigenvalue weighted by atomic mass is 10.1. The standard InChI is InChI=1S/C27H21N7O8S2/c1-16-13-22-26(32-33(31-22)20-5-3-2-4-6-20)27(25(16)28)30-29-19-11-9-17(23(14-19)43(37,38)39)7-8-18-10-12-21(34(35)36)15-24(18)44(40,41)42/h2-15H,28H2,1H3,(H,37,38,39)(H,40,41,42)/b8-7+,30-29?. The molecule has 4 N–H and O–H groups in total. The third-order valence-corrected chi connectivity index (χ3v) is 8.17. The Morgan fingerprint density at radius 1 is 0.864 bits per heavy atom. The fourth-order valence-electron chi connectivity index (χ4n) is 4.19. The maximum absolute atomic E-state index is 12.2. The summed E-state index contributed by atoms with van der Waals surface area (Å²) >= 11 is 0. The molecule has 0 fully saturated rings.